The van der Waals surface area contributed by atoms with Crippen molar-refractivity contribution in [3.05, 3.63) is 0 Å². The first-order valence-corrected chi connectivity index (χ1v) is 14.7. The van der Waals surface area contributed by atoms with Gasteiger partial charge in [0.2, 0.25) is 0 Å². The summed E-state index contributed by atoms with van der Waals surface area (Å²) in [7, 11) is -4.90. The molecular weight excluding hydrogens is 352 g/mol. The third-order valence-corrected chi connectivity index (χ3v) is 9.77. The molecule has 0 heterocycles. The molecule has 0 fully saturated rings. The summed E-state index contributed by atoms with van der Waals surface area (Å²) in [6.07, 6.45) is 4.91. The molecule has 7 heteroatoms. The molecular formula is C18H42O5Si2. The van der Waals surface area contributed by atoms with Crippen LogP contribution in [0.3, 0.4) is 0 Å². The molecule has 0 radical (unpaired) electrons. The Morgan fingerprint density at radius 2 is 0.800 bits per heavy atom. The van der Waals surface area contributed by atoms with Crippen molar-refractivity contribution in [2.45, 2.75) is 85.4 Å². The second-order valence-corrected chi connectivity index (χ2v) is 12.6. The van der Waals surface area contributed by atoms with Gasteiger partial charge >= 0.3 is 17.4 Å². The molecule has 0 spiro atoms. The molecule has 0 saturated carbocycles. The summed E-state index contributed by atoms with van der Waals surface area (Å²) < 4.78 is 30.9. The topological polar surface area (TPSA) is 46.2 Å². The van der Waals surface area contributed by atoms with Crippen LogP contribution in [0.1, 0.15) is 66.7 Å². The summed E-state index contributed by atoms with van der Waals surface area (Å²) >= 11 is 0. The lowest BCUT2D eigenvalue weighted by atomic mass is 10.5. The van der Waals surface area contributed by atoms with Gasteiger partial charge in [-0.05, 0) is 44.7 Å². The molecule has 25 heavy (non-hydrogen) atoms. The highest BCUT2D eigenvalue weighted by molar-refractivity contribution is 6.69. The predicted octanol–water partition coefficient (Wildman–Crippen LogP) is 5.13. The van der Waals surface area contributed by atoms with Crippen molar-refractivity contribution in [3.63, 3.8) is 0 Å². The molecule has 0 N–H and O–H groups in total. The average Bonchev–Trinajstić information content (AvgIpc) is 2.64. The van der Waals surface area contributed by atoms with Crippen molar-refractivity contribution in [2.24, 2.45) is 0 Å². The van der Waals surface area contributed by atoms with Crippen LogP contribution in [0.25, 0.3) is 0 Å². The first-order valence-electron chi connectivity index (χ1n) is 10.2. The van der Waals surface area contributed by atoms with E-state index in [4.69, 9.17) is 22.1 Å². The van der Waals surface area contributed by atoms with Gasteiger partial charge in [-0.25, -0.2) is 0 Å². The van der Waals surface area contributed by atoms with Crippen molar-refractivity contribution in [3.8, 4) is 0 Å². The lowest BCUT2D eigenvalue weighted by Gasteiger charge is -2.33. The van der Waals surface area contributed by atoms with Crippen molar-refractivity contribution in [2.75, 3.05) is 33.0 Å². The van der Waals surface area contributed by atoms with Gasteiger partial charge in [-0.3, -0.25) is 0 Å². The minimum Gasteiger partial charge on any atom is -0.394 e. The Labute approximate surface area is 158 Å². The van der Waals surface area contributed by atoms with E-state index in [1.54, 1.807) is 0 Å². The zero-order valence-corrected chi connectivity index (χ0v) is 19.5. The number of hydrogen-bond acceptors (Lipinski definition) is 5. The summed E-state index contributed by atoms with van der Waals surface area (Å²) in [6.45, 7) is 16.3. The fourth-order valence-corrected chi connectivity index (χ4v) is 9.23. The Morgan fingerprint density at radius 1 is 0.480 bits per heavy atom. The molecule has 0 saturated heterocycles. The molecule has 0 aromatic heterocycles. The van der Waals surface area contributed by atoms with Crippen LogP contribution < -0.4 is 0 Å². The van der Waals surface area contributed by atoms with Crippen molar-refractivity contribution in [1.29, 1.82) is 0 Å². The van der Waals surface area contributed by atoms with Gasteiger partial charge in [0.15, 0.2) is 0 Å². The van der Waals surface area contributed by atoms with Crippen LogP contribution in [0.4, 0.5) is 0 Å². The Hall–Kier alpha value is 0.234. The Bertz CT molecular complexity index is 275. The van der Waals surface area contributed by atoms with Crippen LogP contribution in [0.5, 0.6) is 0 Å². The molecule has 0 bridgehead atoms. The maximum absolute atomic E-state index is 6.19. The summed E-state index contributed by atoms with van der Waals surface area (Å²) in [5, 5.41) is 0. The van der Waals surface area contributed by atoms with E-state index in [-0.39, 0.29) is 0 Å². The van der Waals surface area contributed by atoms with Crippen molar-refractivity contribution >= 4 is 17.4 Å². The van der Waals surface area contributed by atoms with Crippen molar-refractivity contribution < 1.29 is 22.1 Å². The van der Waals surface area contributed by atoms with Gasteiger partial charge in [-0.15, -0.1) is 0 Å². The zero-order chi connectivity index (χ0) is 19.0. The van der Waals surface area contributed by atoms with E-state index >= 15 is 0 Å². The van der Waals surface area contributed by atoms with E-state index in [1.807, 2.05) is 0 Å². The van der Waals surface area contributed by atoms with E-state index < -0.39 is 17.4 Å². The minimum absolute atomic E-state index is 0.684. The largest absolute Gasteiger partial charge is 0.500 e. The molecule has 0 aliphatic heterocycles. The maximum atomic E-state index is 6.19. The van der Waals surface area contributed by atoms with Crippen LogP contribution in [0.2, 0.25) is 18.6 Å². The van der Waals surface area contributed by atoms with Gasteiger partial charge in [0.25, 0.3) is 0 Å². The first-order chi connectivity index (χ1) is 12.0. The highest BCUT2D eigenvalue weighted by atomic mass is 28.4. The van der Waals surface area contributed by atoms with Crippen LogP contribution in [0, 0.1) is 0 Å². The van der Waals surface area contributed by atoms with Crippen LogP contribution in [-0.4, -0.2) is 50.4 Å². The highest BCUT2D eigenvalue weighted by Crippen LogP contribution is 2.26. The lowest BCUT2D eigenvalue weighted by Crippen LogP contribution is -2.49. The molecule has 0 aromatic rings. The SMILES string of the molecule is CCCO[Si](C)(CC[Si](OCCC)(OCCC)OCCC)OCCC. The van der Waals surface area contributed by atoms with Crippen molar-refractivity contribution in [1.82, 2.24) is 0 Å². The maximum Gasteiger partial charge on any atom is 0.500 e. The zero-order valence-electron chi connectivity index (χ0n) is 17.5. The molecule has 0 rings (SSSR count). The molecule has 5 nitrogen and oxygen atoms in total. The second kappa shape index (κ2) is 15.3. The second-order valence-electron chi connectivity index (χ2n) is 6.56. The van der Waals surface area contributed by atoms with Crippen LogP contribution >= 0.6 is 0 Å². The normalized spacial score (nSPS) is 12.7. The number of hydrogen-bond donors (Lipinski definition) is 0. The van der Waals surface area contributed by atoms with Crippen LogP contribution in [0.15, 0.2) is 0 Å². The Kier molecular flexibility index (Phi) is 15.5. The smallest absolute Gasteiger partial charge is 0.394 e. The first kappa shape index (κ1) is 25.2. The van der Waals surface area contributed by atoms with Gasteiger partial charge in [-0.2, -0.15) is 0 Å². The summed E-state index contributed by atoms with van der Waals surface area (Å²) in [6, 6.07) is 1.64. The van der Waals surface area contributed by atoms with E-state index in [0.29, 0.717) is 19.8 Å². The van der Waals surface area contributed by atoms with Gasteiger partial charge in [0, 0.05) is 39.1 Å². The third kappa shape index (κ3) is 11.5. The van der Waals surface area contributed by atoms with Gasteiger partial charge in [-0.1, -0.05) is 34.6 Å². The third-order valence-electron chi connectivity index (χ3n) is 3.69. The summed E-state index contributed by atoms with van der Waals surface area (Å²) in [5.74, 6) is 0. The van der Waals surface area contributed by atoms with Gasteiger partial charge < -0.3 is 22.1 Å². The molecule has 152 valence electrons. The fourth-order valence-electron chi connectivity index (χ4n) is 2.32. The predicted molar refractivity (Wildman–Crippen MR) is 108 cm³/mol. The Morgan fingerprint density at radius 3 is 1.12 bits per heavy atom. The Balaban J connectivity index is 5.04. The molecule has 0 unspecified atom stereocenters. The lowest BCUT2D eigenvalue weighted by molar-refractivity contribution is 0.0591. The van der Waals surface area contributed by atoms with Crippen LogP contribution in [-0.2, 0) is 22.1 Å². The van der Waals surface area contributed by atoms with E-state index in [0.717, 1.165) is 57.4 Å². The fraction of sp³-hybridized carbons (Fsp3) is 1.00. The monoisotopic (exact) mass is 394 g/mol. The van der Waals surface area contributed by atoms with E-state index in [2.05, 4.69) is 41.2 Å². The number of rotatable bonds is 18. The summed E-state index contributed by atoms with van der Waals surface area (Å²) in [4.78, 5) is 0. The van der Waals surface area contributed by atoms with E-state index in [9.17, 15) is 0 Å². The summed E-state index contributed by atoms with van der Waals surface area (Å²) in [5.41, 5.74) is 0. The average molecular weight is 395 g/mol. The highest BCUT2D eigenvalue weighted by Gasteiger charge is 2.45. The molecule has 0 aromatic carbocycles. The van der Waals surface area contributed by atoms with Gasteiger partial charge in [0.1, 0.15) is 0 Å². The molecule has 0 atom stereocenters. The quantitative estimate of drug-likeness (QED) is 0.302. The van der Waals surface area contributed by atoms with Gasteiger partial charge in [0.05, 0.1) is 0 Å². The standard InChI is InChI=1S/C18H42O5Si2/c1-7-12-19-24(6,20-13-8-2)17-18-25(21-14-9-3,22-15-10-4)23-16-11-5/h7-18H2,1-6H3. The van der Waals surface area contributed by atoms with E-state index in [1.165, 1.54) is 0 Å². The molecule has 0 aliphatic carbocycles. The minimum atomic E-state index is -2.67. The molecule has 0 amide bonds. The molecule has 0 aliphatic rings.